The van der Waals surface area contributed by atoms with Crippen LogP contribution in [0, 0.1) is 11.8 Å². The summed E-state index contributed by atoms with van der Waals surface area (Å²) in [5.74, 6) is 5.32. The highest BCUT2D eigenvalue weighted by Gasteiger charge is 2.16. The lowest BCUT2D eigenvalue weighted by Gasteiger charge is -1.96. The van der Waals surface area contributed by atoms with E-state index in [1.807, 2.05) is 66.8 Å². The third-order valence-electron chi connectivity index (χ3n) is 5.51. The van der Waals surface area contributed by atoms with Gasteiger partial charge in [-0.2, -0.15) is 0 Å². The van der Waals surface area contributed by atoms with Crippen molar-refractivity contribution in [1.29, 1.82) is 0 Å². The fraction of sp³-hybridized carbons (Fsp3) is 0. The van der Waals surface area contributed by atoms with Crippen molar-refractivity contribution in [3.63, 3.8) is 0 Å². The van der Waals surface area contributed by atoms with Gasteiger partial charge >= 0.3 is 5.97 Å². The van der Waals surface area contributed by atoms with E-state index in [-0.39, 0.29) is 5.56 Å². The summed E-state index contributed by atoms with van der Waals surface area (Å²) in [5, 5.41) is 9.09. The molecule has 0 atom stereocenters. The summed E-state index contributed by atoms with van der Waals surface area (Å²) in [4.78, 5) is 29.8. The Kier molecular flexibility index (Phi) is 4.86. The van der Waals surface area contributed by atoms with Gasteiger partial charge in [0.15, 0.2) is 0 Å². The number of carbonyl (C=O) groups is 1. The number of aromatic carboxylic acids is 1. The van der Waals surface area contributed by atoms with Crippen molar-refractivity contribution in [2.75, 3.05) is 0 Å². The van der Waals surface area contributed by atoms with Gasteiger partial charge in [0.25, 0.3) is 0 Å². The van der Waals surface area contributed by atoms with Crippen LogP contribution in [0.5, 0.6) is 0 Å². The summed E-state index contributed by atoms with van der Waals surface area (Å²) >= 11 is 0. The Bertz CT molecular complexity index is 1630. The van der Waals surface area contributed by atoms with Crippen molar-refractivity contribution < 1.29 is 9.90 Å². The molecule has 0 aliphatic carbocycles. The van der Waals surface area contributed by atoms with E-state index < -0.39 is 5.97 Å². The fourth-order valence-electron chi connectivity index (χ4n) is 3.83. The second-order valence-electron chi connectivity index (χ2n) is 8.07. The number of carboxylic acids is 1. The van der Waals surface area contributed by atoms with Crippen molar-refractivity contribution in [2.24, 2.45) is 20.0 Å². The zero-order valence-corrected chi connectivity index (χ0v) is 18.3. The molecule has 0 amide bonds. The first-order chi connectivity index (χ1) is 17.1. The van der Waals surface area contributed by atoms with Gasteiger partial charge in [-0.15, -0.1) is 0 Å². The summed E-state index contributed by atoms with van der Waals surface area (Å²) < 4.78 is 0. The highest BCUT2D eigenvalue weighted by Crippen LogP contribution is 2.23. The minimum atomic E-state index is -0.965. The van der Waals surface area contributed by atoms with E-state index in [4.69, 9.17) is 10.1 Å². The first-order valence-corrected chi connectivity index (χ1v) is 10.9. The molecule has 0 radical (unpaired) electrons. The molecule has 1 aromatic rings. The lowest BCUT2D eigenvalue weighted by molar-refractivity contribution is 0.0697. The normalized spacial score (nSPS) is 18.9. The van der Waals surface area contributed by atoms with E-state index in [1.165, 1.54) is 0 Å². The number of hydrogen-bond acceptors (Lipinski definition) is 5. The molecule has 5 heterocycles. The van der Waals surface area contributed by atoms with Crippen LogP contribution in [-0.2, 0) is 0 Å². The smallest absolute Gasteiger partial charge is 0.335 e. The maximum atomic E-state index is 11.1. The summed E-state index contributed by atoms with van der Waals surface area (Å²) in [7, 11) is 0. The van der Waals surface area contributed by atoms with Crippen molar-refractivity contribution in [3.8, 4) is 11.8 Å². The Balaban J connectivity index is 1.40. The highest BCUT2D eigenvalue weighted by molar-refractivity contribution is 6.17. The summed E-state index contributed by atoms with van der Waals surface area (Å²) in [6, 6.07) is 6.47. The Morgan fingerprint density at radius 3 is 1.71 bits per heavy atom. The summed E-state index contributed by atoms with van der Waals surface area (Å²) in [6.45, 7) is 0. The van der Waals surface area contributed by atoms with Crippen molar-refractivity contribution in [2.45, 2.75) is 0 Å². The Morgan fingerprint density at radius 2 is 1.14 bits per heavy atom. The Labute approximate surface area is 201 Å². The van der Waals surface area contributed by atoms with E-state index in [0.717, 1.165) is 45.5 Å². The molecule has 35 heavy (non-hydrogen) atoms. The molecule has 0 saturated carbocycles. The lowest BCUT2D eigenvalue weighted by atomic mass is 10.1. The van der Waals surface area contributed by atoms with Gasteiger partial charge in [-0.1, -0.05) is 11.8 Å². The molecule has 6 heteroatoms. The molecule has 0 fully saturated rings. The van der Waals surface area contributed by atoms with Crippen LogP contribution < -0.4 is 0 Å². The van der Waals surface area contributed by atoms with Gasteiger partial charge in [-0.25, -0.2) is 24.8 Å². The third kappa shape index (κ3) is 4.39. The SMILES string of the molecule is O=C(O)c1ccc(C#CC2=CC3=CC4=NC(=CC5=NC(=CC6=NC(=CC2=N3)C=C6)C=C5)C=C4)cc1. The maximum Gasteiger partial charge on any atom is 0.335 e. The summed E-state index contributed by atoms with van der Waals surface area (Å²) in [6.07, 6.45) is 21.3. The van der Waals surface area contributed by atoms with Crippen molar-refractivity contribution in [3.05, 3.63) is 131 Å². The molecule has 6 nitrogen and oxygen atoms in total. The number of aliphatic imine (C=N–C) groups is 4. The molecule has 1 N–H and O–H groups in total. The van der Waals surface area contributed by atoms with Crippen LogP contribution in [0.2, 0.25) is 0 Å². The van der Waals surface area contributed by atoms with Gasteiger partial charge in [0.1, 0.15) is 0 Å². The molecule has 0 aromatic heterocycles. The topological polar surface area (TPSA) is 86.7 Å². The van der Waals surface area contributed by atoms with Crippen LogP contribution in [0.3, 0.4) is 0 Å². The molecule has 6 rings (SSSR count). The molecule has 5 aliphatic rings. The predicted octanol–water partition coefficient (Wildman–Crippen LogP) is 4.70. The van der Waals surface area contributed by atoms with Crippen molar-refractivity contribution >= 4 is 28.8 Å². The minimum absolute atomic E-state index is 0.224. The average Bonchev–Trinajstić information content (AvgIpc) is 3.63. The van der Waals surface area contributed by atoms with Gasteiger partial charge in [0.2, 0.25) is 0 Å². The van der Waals surface area contributed by atoms with E-state index in [1.54, 1.807) is 24.3 Å². The average molecular weight is 452 g/mol. The second kappa shape index (κ2) is 8.32. The monoisotopic (exact) mass is 452 g/mol. The van der Waals surface area contributed by atoms with E-state index in [2.05, 4.69) is 26.8 Å². The molecule has 1 aromatic carbocycles. The number of hydrogen-bond donors (Lipinski definition) is 1. The van der Waals surface area contributed by atoms with E-state index in [9.17, 15) is 4.79 Å². The molecule has 164 valence electrons. The molecule has 5 aliphatic heterocycles. The Morgan fingerprint density at radius 1 is 0.600 bits per heavy atom. The number of rotatable bonds is 1. The zero-order chi connectivity index (χ0) is 23.8. The maximum absolute atomic E-state index is 11.1. The van der Waals surface area contributed by atoms with Crippen LogP contribution in [-0.4, -0.2) is 33.9 Å². The first kappa shape index (κ1) is 20.5. The third-order valence-corrected chi connectivity index (χ3v) is 5.51. The number of carboxylic acid groups (broad SMARTS) is 1. The highest BCUT2D eigenvalue weighted by atomic mass is 16.4. The molecular weight excluding hydrogens is 436 g/mol. The van der Waals surface area contributed by atoms with Crippen LogP contribution in [0.4, 0.5) is 0 Å². The van der Waals surface area contributed by atoms with Gasteiger partial charge in [-0.05, 0) is 91.1 Å². The molecule has 8 bridgehead atoms. The minimum Gasteiger partial charge on any atom is -0.478 e. The number of benzene rings is 1. The largest absolute Gasteiger partial charge is 0.478 e. The van der Waals surface area contributed by atoms with Gasteiger partial charge in [0.05, 0.1) is 56.8 Å². The van der Waals surface area contributed by atoms with Gasteiger partial charge in [-0.3, -0.25) is 0 Å². The number of nitrogens with zero attached hydrogens (tertiary/aromatic N) is 4. The molecule has 0 saturated heterocycles. The van der Waals surface area contributed by atoms with Crippen LogP contribution in [0.25, 0.3) is 0 Å². The van der Waals surface area contributed by atoms with E-state index >= 15 is 0 Å². The second-order valence-corrected chi connectivity index (χ2v) is 8.07. The zero-order valence-electron chi connectivity index (χ0n) is 18.3. The van der Waals surface area contributed by atoms with Crippen LogP contribution in [0.1, 0.15) is 15.9 Å². The van der Waals surface area contributed by atoms with Crippen LogP contribution in [0.15, 0.2) is 139 Å². The van der Waals surface area contributed by atoms with Gasteiger partial charge in [0, 0.05) is 5.56 Å². The van der Waals surface area contributed by atoms with Crippen molar-refractivity contribution in [1.82, 2.24) is 0 Å². The first-order valence-electron chi connectivity index (χ1n) is 10.9. The number of allylic oxidation sites excluding steroid dienone is 12. The summed E-state index contributed by atoms with van der Waals surface area (Å²) in [5.41, 5.74) is 8.01. The van der Waals surface area contributed by atoms with Gasteiger partial charge < -0.3 is 5.11 Å². The molecular formula is C29H16N4O2. The Hall–Kier alpha value is -5.15. The van der Waals surface area contributed by atoms with E-state index in [0.29, 0.717) is 11.3 Å². The standard InChI is InChI=1S/C29H16N4O2/c34-29(35)19-4-1-18(2-5-19)3-6-20-13-27-16-25-10-9-23(31-25)14-21-7-8-22(30-21)15-24-11-12-26(32-24)17-28(20)33-27/h1-2,4-5,7-17H,(H,34,35). The molecule has 0 unspecified atom stereocenters. The fourth-order valence-corrected chi connectivity index (χ4v) is 3.83. The number of fused-ring (bicyclic) bond motifs is 4. The predicted molar refractivity (Wildman–Crippen MR) is 138 cm³/mol. The lowest BCUT2D eigenvalue weighted by Crippen LogP contribution is -1.96. The van der Waals surface area contributed by atoms with Crippen LogP contribution >= 0.6 is 0 Å². The molecule has 0 spiro atoms. The quantitative estimate of drug-likeness (QED) is 0.626.